The fourth-order valence-corrected chi connectivity index (χ4v) is 3.48. The SMILES string of the molecule is CC(C)(C)[Si](C)(C)O[C@@H]1CC=NN(C(=O)c2ccccc2)C1. The minimum atomic E-state index is -1.84. The summed E-state index contributed by atoms with van der Waals surface area (Å²) in [6.45, 7) is 11.7. The summed E-state index contributed by atoms with van der Waals surface area (Å²) >= 11 is 0. The minimum Gasteiger partial charge on any atom is -0.412 e. The Balaban J connectivity index is 2.05. The quantitative estimate of drug-likeness (QED) is 0.793. The van der Waals surface area contributed by atoms with Gasteiger partial charge in [-0.1, -0.05) is 39.0 Å². The van der Waals surface area contributed by atoms with Crippen LogP contribution in [0.25, 0.3) is 0 Å². The first-order valence-corrected chi connectivity index (χ1v) is 10.7. The Morgan fingerprint density at radius 3 is 2.50 bits per heavy atom. The molecule has 0 N–H and O–H groups in total. The number of nitrogens with zero attached hydrogens (tertiary/aromatic N) is 2. The smallest absolute Gasteiger partial charge is 0.274 e. The van der Waals surface area contributed by atoms with Crippen LogP contribution in [0.15, 0.2) is 35.4 Å². The number of carbonyl (C=O) groups is 1. The zero-order chi connectivity index (χ0) is 16.4. The van der Waals surface area contributed by atoms with E-state index < -0.39 is 8.32 Å². The number of hydrazone groups is 1. The Hall–Kier alpha value is -1.46. The number of hydrogen-bond donors (Lipinski definition) is 0. The van der Waals surface area contributed by atoms with Crippen molar-refractivity contribution in [2.24, 2.45) is 5.10 Å². The maximum Gasteiger partial charge on any atom is 0.274 e. The molecule has 1 aliphatic heterocycles. The molecule has 0 radical (unpaired) electrons. The number of carbonyl (C=O) groups excluding carboxylic acids is 1. The van der Waals surface area contributed by atoms with Crippen LogP contribution in [-0.2, 0) is 4.43 Å². The van der Waals surface area contributed by atoms with Crippen LogP contribution in [0.1, 0.15) is 37.6 Å². The molecule has 0 saturated heterocycles. The standard InChI is InChI=1S/C17H26N2O2Si/c1-17(2,3)22(4,5)21-15-11-12-18-19(13-15)16(20)14-9-7-6-8-10-14/h6-10,12,15H,11,13H2,1-5H3/t15-/m1/s1. The van der Waals surface area contributed by atoms with E-state index in [0.717, 1.165) is 6.42 Å². The van der Waals surface area contributed by atoms with Crippen molar-refractivity contribution in [2.45, 2.75) is 51.4 Å². The van der Waals surface area contributed by atoms with E-state index in [2.05, 4.69) is 39.0 Å². The van der Waals surface area contributed by atoms with Gasteiger partial charge in [-0.2, -0.15) is 5.10 Å². The lowest BCUT2D eigenvalue weighted by Gasteiger charge is -2.40. The molecule has 4 nitrogen and oxygen atoms in total. The Morgan fingerprint density at radius 1 is 1.27 bits per heavy atom. The second-order valence-electron chi connectivity index (χ2n) is 7.29. The van der Waals surface area contributed by atoms with Crippen molar-refractivity contribution >= 4 is 20.4 Å². The van der Waals surface area contributed by atoms with Gasteiger partial charge >= 0.3 is 0 Å². The van der Waals surface area contributed by atoms with Gasteiger partial charge in [-0.3, -0.25) is 4.79 Å². The highest BCUT2D eigenvalue weighted by Gasteiger charge is 2.40. The van der Waals surface area contributed by atoms with Crippen molar-refractivity contribution in [2.75, 3.05) is 6.54 Å². The molecule has 1 aromatic rings. The number of benzene rings is 1. The lowest BCUT2D eigenvalue weighted by atomic mass is 10.2. The van der Waals surface area contributed by atoms with Crippen LogP contribution in [0.2, 0.25) is 18.1 Å². The molecular formula is C17H26N2O2Si. The summed E-state index contributed by atoms with van der Waals surface area (Å²) in [5.74, 6) is -0.0691. The van der Waals surface area contributed by atoms with Crippen LogP contribution in [0.4, 0.5) is 0 Å². The summed E-state index contributed by atoms with van der Waals surface area (Å²) in [6.07, 6.45) is 2.60. The van der Waals surface area contributed by atoms with Gasteiger partial charge in [-0.25, -0.2) is 5.01 Å². The minimum absolute atomic E-state index is 0.0334. The Bertz CT molecular complexity index is 550. The van der Waals surface area contributed by atoms with Crippen LogP contribution < -0.4 is 0 Å². The van der Waals surface area contributed by atoms with Crippen LogP contribution >= 0.6 is 0 Å². The highest BCUT2D eigenvalue weighted by Crippen LogP contribution is 2.37. The second-order valence-corrected chi connectivity index (χ2v) is 12.0. The van der Waals surface area contributed by atoms with Crippen LogP contribution in [-0.4, -0.2) is 38.1 Å². The van der Waals surface area contributed by atoms with Crippen molar-refractivity contribution in [3.63, 3.8) is 0 Å². The molecule has 2 rings (SSSR count). The molecule has 1 aliphatic rings. The van der Waals surface area contributed by atoms with Crippen molar-refractivity contribution < 1.29 is 9.22 Å². The Kier molecular flexibility index (Phi) is 4.87. The van der Waals surface area contributed by atoms with Crippen molar-refractivity contribution in [1.82, 2.24) is 5.01 Å². The lowest BCUT2D eigenvalue weighted by molar-refractivity contribution is 0.0629. The first-order valence-electron chi connectivity index (χ1n) is 7.78. The average Bonchev–Trinajstić information content (AvgIpc) is 2.46. The van der Waals surface area contributed by atoms with E-state index in [1.54, 1.807) is 6.21 Å². The normalized spacial score (nSPS) is 19.3. The van der Waals surface area contributed by atoms with Gasteiger partial charge in [-0.15, -0.1) is 0 Å². The van der Waals surface area contributed by atoms with E-state index in [9.17, 15) is 4.79 Å². The number of amides is 1. The summed E-state index contributed by atoms with van der Waals surface area (Å²) in [5, 5.41) is 5.93. The lowest BCUT2D eigenvalue weighted by Crippen LogP contribution is -2.48. The molecular weight excluding hydrogens is 292 g/mol. The molecule has 1 amide bonds. The van der Waals surface area contributed by atoms with Crippen LogP contribution in [0.5, 0.6) is 0 Å². The third-order valence-electron chi connectivity index (χ3n) is 4.49. The summed E-state index contributed by atoms with van der Waals surface area (Å²) in [4.78, 5) is 12.5. The number of rotatable bonds is 3. The molecule has 0 aliphatic carbocycles. The first kappa shape index (κ1) is 16.9. The number of hydrogen-bond acceptors (Lipinski definition) is 3. The molecule has 1 heterocycles. The molecule has 0 fully saturated rings. The molecule has 120 valence electrons. The summed E-state index contributed by atoms with van der Waals surface area (Å²) in [7, 11) is -1.84. The van der Waals surface area contributed by atoms with Crippen LogP contribution in [0.3, 0.4) is 0 Å². The summed E-state index contributed by atoms with van der Waals surface area (Å²) < 4.78 is 6.41. The molecule has 1 aromatic carbocycles. The van der Waals surface area contributed by atoms with E-state index in [1.807, 2.05) is 30.3 Å². The largest absolute Gasteiger partial charge is 0.412 e. The van der Waals surface area contributed by atoms with E-state index in [1.165, 1.54) is 5.01 Å². The van der Waals surface area contributed by atoms with Crippen molar-refractivity contribution in [3.05, 3.63) is 35.9 Å². The second kappa shape index (κ2) is 6.34. The molecule has 0 saturated carbocycles. The van der Waals surface area contributed by atoms with Gasteiger partial charge in [0.15, 0.2) is 8.32 Å². The Morgan fingerprint density at radius 2 is 1.91 bits per heavy atom. The van der Waals surface area contributed by atoms with Gasteiger partial charge in [0.1, 0.15) is 0 Å². The monoisotopic (exact) mass is 318 g/mol. The zero-order valence-electron chi connectivity index (χ0n) is 14.2. The zero-order valence-corrected chi connectivity index (χ0v) is 15.2. The van der Waals surface area contributed by atoms with Gasteiger partial charge in [0.05, 0.1) is 12.6 Å². The fourth-order valence-electron chi connectivity index (χ4n) is 2.12. The van der Waals surface area contributed by atoms with Crippen LogP contribution in [0, 0.1) is 0 Å². The van der Waals surface area contributed by atoms with Gasteiger partial charge in [-0.05, 0) is 30.3 Å². The van der Waals surface area contributed by atoms with Gasteiger partial charge in [0.2, 0.25) is 0 Å². The molecule has 1 atom stereocenters. The van der Waals surface area contributed by atoms with Gasteiger partial charge in [0, 0.05) is 18.2 Å². The maximum absolute atomic E-state index is 12.5. The highest BCUT2D eigenvalue weighted by atomic mass is 28.4. The van der Waals surface area contributed by atoms with Crippen molar-refractivity contribution in [1.29, 1.82) is 0 Å². The fraction of sp³-hybridized carbons (Fsp3) is 0.529. The topological polar surface area (TPSA) is 41.9 Å². The highest BCUT2D eigenvalue weighted by molar-refractivity contribution is 6.74. The Labute approximate surface area is 134 Å². The summed E-state index contributed by atoms with van der Waals surface area (Å²) in [6, 6.07) is 9.26. The molecule has 0 spiro atoms. The third-order valence-corrected chi connectivity index (χ3v) is 9.02. The van der Waals surface area contributed by atoms with E-state index in [0.29, 0.717) is 12.1 Å². The molecule has 0 unspecified atom stereocenters. The van der Waals surface area contributed by atoms with E-state index >= 15 is 0 Å². The molecule has 0 aromatic heterocycles. The molecule has 0 bridgehead atoms. The van der Waals surface area contributed by atoms with Gasteiger partial charge in [0.25, 0.3) is 5.91 Å². The van der Waals surface area contributed by atoms with Crippen molar-refractivity contribution in [3.8, 4) is 0 Å². The summed E-state index contributed by atoms with van der Waals surface area (Å²) in [5.41, 5.74) is 0.660. The molecule has 5 heteroatoms. The maximum atomic E-state index is 12.5. The first-order chi connectivity index (χ1) is 10.2. The van der Waals surface area contributed by atoms with Gasteiger partial charge < -0.3 is 4.43 Å². The molecule has 22 heavy (non-hydrogen) atoms. The predicted molar refractivity (Wildman–Crippen MR) is 92.7 cm³/mol. The average molecular weight is 318 g/mol. The third kappa shape index (κ3) is 3.84. The van der Waals surface area contributed by atoms with E-state index in [4.69, 9.17) is 4.43 Å². The predicted octanol–water partition coefficient (Wildman–Crippen LogP) is 3.91. The van der Waals surface area contributed by atoms with E-state index in [-0.39, 0.29) is 17.0 Å².